The van der Waals surface area contributed by atoms with Crippen LogP contribution in [0.25, 0.3) is 5.57 Å². The van der Waals surface area contributed by atoms with Crippen molar-refractivity contribution >= 4 is 11.4 Å². The number of allylic oxidation sites excluding steroid dienone is 7. The third kappa shape index (κ3) is 3.92. The third-order valence-corrected chi connectivity index (χ3v) is 3.34. The van der Waals surface area contributed by atoms with Crippen molar-refractivity contribution in [2.75, 3.05) is 0 Å². The molecule has 20 heavy (non-hydrogen) atoms. The summed E-state index contributed by atoms with van der Waals surface area (Å²) in [6.07, 6.45) is 7.86. The van der Waals surface area contributed by atoms with Crippen molar-refractivity contribution in [2.45, 2.75) is 27.7 Å². The van der Waals surface area contributed by atoms with Crippen LogP contribution in [0, 0.1) is 0 Å². The Kier molecular flexibility index (Phi) is 5.92. The van der Waals surface area contributed by atoms with Crippen LogP contribution >= 0.6 is 0 Å². The molecule has 0 N–H and O–H groups in total. The van der Waals surface area contributed by atoms with Crippen LogP contribution in [-0.2, 0) is 0 Å². The van der Waals surface area contributed by atoms with E-state index in [1.807, 2.05) is 43.3 Å². The van der Waals surface area contributed by atoms with E-state index < -0.39 is 0 Å². The van der Waals surface area contributed by atoms with Gasteiger partial charge in [0.15, 0.2) is 5.78 Å². The summed E-state index contributed by atoms with van der Waals surface area (Å²) in [5.41, 5.74) is 5.31. The maximum Gasteiger partial charge on any atom is 0.159 e. The Hall–Kier alpha value is -2.15. The second-order valence-electron chi connectivity index (χ2n) is 4.74. The van der Waals surface area contributed by atoms with Gasteiger partial charge in [-0.2, -0.15) is 0 Å². The lowest BCUT2D eigenvalue weighted by Gasteiger charge is -2.10. The molecule has 1 nitrogen and oxygen atoms in total. The summed E-state index contributed by atoms with van der Waals surface area (Å²) in [6, 6.07) is 7.76. The fourth-order valence-corrected chi connectivity index (χ4v) is 2.02. The van der Waals surface area contributed by atoms with Crippen molar-refractivity contribution < 1.29 is 4.79 Å². The number of rotatable bonds is 5. The first kappa shape index (κ1) is 15.9. The summed E-state index contributed by atoms with van der Waals surface area (Å²) >= 11 is 0. The molecule has 0 radical (unpaired) electrons. The highest BCUT2D eigenvalue weighted by Gasteiger charge is 2.06. The summed E-state index contributed by atoms with van der Waals surface area (Å²) in [5.74, 6) is 0.0904. The number of benzene rings is 1. The Bertz CT molecular complexity index is 598. The van der Waals surface area contributed by atoms with Crippen LogP contribution in [-0.4, -0.2) is 5.78 Å². The molecule has 1 aromatic carbocycles. The lowest BCUT2D eigenvalue weighted by molar-refractivity contribution is 0.101. The van der Waals surface area contributed by atoms with Crippen molar-refractivity contribution in [1.82, 2.24) is 0 Å². The first-order chi connectivity index (χ1) is 9.51. The summed E-state index contributed by atoms with van der Waals surface area (Å²) in [6.45, 7) is 11.5. The largest absolute Gasteiger partial charge is 0.295 e. The minimum absolute atomic E-state index is 0.0904. The number of hydrogen-bond acceptors (Lipinski definition) is 1. The van der Waals surface area contributed by atoms with E-state index >= 15 is 0 Å². The molecule has 1 aromatic rings. The van der Waals surface area contributed by atoms with Gasteiger partial charge in [-0.1, -0.05) is 49.1 Å². The summed E-state index contributed by atoms with van der Waals surface area (Å²) in [7, 11) is 0. The van der Waals surface area contributed by atoms with E-state index in [0.717, 1.165) is 16.7 Å². The minimum atomic E-state index is 0.0904. The van der Waals surface area contributed by atoms with E-state index in [0.29, 0.717) is 0 Å². The number of carbonyl (C=O) groups excluding carboxylic acids is 1. The molecule has 1 heteroatoms. The van der Waals surface area contributed by atoms with Crippen LogP contribution in [0.1, 0.15) is 43.6 Å². The van der Waals surface area contributed by atoms with Gasteiger partial charge >= 0.3 is 0 Å². The molecule has 0 unspecified atom stereocenters. The Morgan fingerprint density at radius 2 is 1.80 bits per heavy atom. The average molecular weight is 266 g/mol. The number of hydrogen-bond donors (Lipinski definition) is 0. The molecular formula is C19H22O. The predicted molar refractivity (Wildman–Crippen MR) is 87.8 cm³/mol. The molecular weight excluding hydrogens is 244 g/mol. The van der Waals surface area contributed by atoms with Crippen molar-refractivity contribution in [3.05, 3.63) is 77.4 Å². The highest BCUT2D eigenvalue weighted by molar-refractivity contribution is 5.95. The molecule has 0 aliphatic heterocycles. The molecule has 0 aliphatic carbocycles. The first-order valence-electron chi connectivity index (χ1n) is 6.76. The molecule has 0 saturated carbocycles. The van der Waals surface area contributed by atoms with Gasteiger partial charge in [-0.05, 0) is 56.0 Å². The highest BCUT2D eigenvalue weighted by Crippen LogP contribution is 2.25. The maximum absolute atomic E-state index is 11.5. The van der Waals surface area contributed by atoms with E-state index in [2.05, 4.69) is 26.5 Å². The van der Waals surface area contributed by atoms with Gasteiger partial charge in [-0.25, -0.2) is 0 Å². The lowest BCUT2D eigenvalue weighted by Crippen LogP contribution is -1.94. The van der Waals surface area contributed by atoms with Gasteiger partial charge < -0.3 is 0 Å². The first-order valence-corrected chi connectivity index (χ1v) is 6.76. The molecule has 0 fully saturated rings. The molecule has 0 spiro atoms. The average Bonchev–Trinajstić information content (AvgIpc) is 2.45. The fraction of sp³-hybridized carbons (Fsp3) is 0.211. The van der Waals surface area contributed by atoms with E-state index in [1.54, 1.807) is 13.0 Å². The van der Waals surface area contributed by atoms with Gasteiger partial charge in [0.1, 0.15) is 0 Å². The van der Waals surface area contributed by atoms with Crippen LogP contribution in [0.4, 0.5) is 0 Å². The summed E-state index contributed by atoms with van der Waals surface area (Å²) in [5, 5.41) is 0. The third-order valence-electron chi connectivity index (χ3n) is 3.34. The van der Waals surface area contributed by atoms with Gasteiger partial charge in [-0.3, -0.25) is 4.79 Å². The number of carbonyl (C=O) groups is 1. The molecule has 0 atom stereocenters. The molecule has 0 aliphatic rings. The van der Waals surface area contributed by atoms with E-state index in [1.165, 1.54) is 11.1 Å². The lowest BCUT2D eigenvalue weighted by atomic mass is 9.95. The number of ketones is 1. The molecule has 0 aromatic heterocycles. The molecule has 0 heterocycles. The molecule has 0 amide bonds. The zero-order valence-corrected chi connectivity index (χ0v) is 12.7. The van der Waals surface area contributed by atoms with Crippen molar-refractivity contribution in [3.8, 4) is 0 Å². The summed E-state index contributed by atoms with van der Waals surface area (Å²) < 4.78 is 0. The van der Waals surface area contributed by atoms with E-state index in [4.69, 9.17) is 0 Å². The van der Waals surface area contributed by atoms with E-state index in [9.17, 15) is 4.79 Å². The van der Waals surface area contributed by atoms with Crippen LogP contribution in [0.15, 0.2) is 66.3 Å². The van der Waals surface area contributed by atoms with Gasteiger partial charge in [0.25, 0.3) is 0 Å². The van der Waals surface area contributed by atoms with Crippen LogP contribution in [0.3, 0.4) is 0 Å². The standard InChI is InChI=1S/C19H22O/c1-6-9-17(10-7-2)14(3)15(4)18-11-8-12-19(13-18)16(5)20/h6-13H,1H2,2-5H3. The van der Waals surface area contributed by atoms with Gasteiger partial charge in [0.05, 0.1) is 0 Å². The van der Waals surface area contributed by atoms with Gasteiger partial charge in [0.2, 0.25) is 0 Å². The maximum atomic E-state index is 11.5. The molecule has 0 saturated heterocycles. The minimum Gasteiger partial charge on any atom is -0.295 e. The molecule has 104 valence electrons. The van der Waals surface area contributed by atoms with Gasteiger partial charge in [0, 0.05) is 5.56 Å². The van der Waals surface area contributed by atoms with Crippen molar-refractivity contribution in [2.24, 2.45) is 0 Å². The number of Topliss-reactive ketones (excluding diaryl/α,β-unsaturated/α-hetero) is 1. The van der Waals surface area contributed by atoms with Crippen molar-refractivity contribution in [1.29, 1.82) is 0 Å². The molecule has 1 rings (SSSR count). The van der Waals surface area contributed by atoms with Crippen molar-refractivity contribution in [3.63, 3.8) is 0 Å². The van der Waals surface area contributed by atoms with Crippen LogP contribution in [0.5, 0.6) is 0 Å². The van der Waals surface area contributed by atoms with E-state index in [-0.39, 0.29) is 5.78 Å². The second-order valence-corrected chi connectivity index (χ2v) is 4.74. The second kappa shape index (κ2) is 7.44. The van der Waals surface area contributed by atoms with Crippen LogP contribution in [0.2, 0.25) is 0 Å². The normalized spacial score (nSPS) is 13.3. The van der Waals surface area contributed by atoms with Crippen LogP contribution < -0.4 is 0 Å². The Labute approximate surface area is 122 Å². The Morgan fingerprint density at radius 3 is 2.35 bits per heavy atom. The quantitative estimate of drug-likeness (QED) is 0.517. The summed E-state index contributed by atoms with van der Waals surface area (Å²) in [4.78, 5) is 11.5. The predicted octanol–water partition coefficient (Wildman–Crippen LogP) is 5.37. The Morgan fingerprint density at radius 1 is 1.15 bits per heavy atom. The fourth-order valence-electron chi connectivity index (χ4n) is 2.02. The topological polar surface area (TPSA) is 17.1 Å². The zero-order valence-electron chi connectivity index (χ0n) is 12.7. The zero-order chi connectivity index (χ0) is 15.1. The van der Waals surface area contributed by atoms with Gasteiger partial charge in [-0.15, -0.1) is 0 Å². The highest BCUT2D eigenvalue weighted by atomic mass is 16.1. The monoisotopic (exact) mass is 266 g/mol. The smallest absolute Gasteiger partial charge is 0.159 e. The molecule has 0 bridgehead atoms. The Balaban J connectivity index is 3.32. The SMILES string of the molecule is C=CC=C(C=CC)C(C)=C(C)c1cccc(C(C)=O)c1.